The fourth-order valence-electron chi connectivity index (χ4n) is 6.41. The second kappa shape index (κ2) is 12.8. The SMILES string of the molecule is COC(=O)Oc1ccc(C(C)(C)c2ccc(O)c(CCC3CCCCC3)c2)cc1CCC1CCCCC1. The summed E-state index contributed by atoms with van der Waals surface area (Å²) in [5.41, 5.74) is 4.25. The first-order valence-electron chi connectivity index (χ1n) is 14.6. The minimum atomic E-state index is -0.674. The van der Waals surface area contributed by atoms with Crippen molar-refractivity contribution in [3.63, 3.8) is 0 Å². The van der Waals surface area contributed by atoms with Gasteiger partial charge in [0.2, 0.25) is 0 Å². The average Bonchev–Trinajstić information content (AvgIpc) is 2.93. The summed E-state index contributed by atoms with van der Waals surface area (Å²) in [7, 11) is 1.35. The zero-order valence-corrected chi connectivity index (χ0v) is 23.2. The highest BCUT2D eigenvalue weighted by Crippen LogP contribution is 2.38. The molecule has 2 aliphatic rings. The first-order chi connectivity index (χ1) is 17.9. The zero-order chi connectivity index (χ0) is 26.3. The number of phenolic OH excluding ortho intramolecular Hbond substituents is 1. The van der Waals surface area contributed by atoms with Crippen molar-refractivity contribution in [3.8, 4) is 11.5 Å². The summed E-state index contributed by atoms with van der Waals surface area (Å²) < 4.78 is 10.3. The molecule has 2 aromatic carbocycles. The van der Waals surface area contributed by atoms with Gasteiger partial charge in [0.1, 0.15) is 11.5 Å². The van der Waals surface area contributed by atoms with E-state index in [1.165, 1.54) is 82.4 Å². The third-order valence-corrected chi connectivity index (χ3v) is 9.04. The average molecular weight is 507 g/mol. The summed E-state index contributed by atoms with van der Waals surface area (Å²) in [6.07, 6.45) is 16.8. The number of carbonyl (C=O) groups is 1. The van der Waals surface area contributed by atoms with Crippen molar-refractivity contribution in [2.24, 2.45) is 11.8 Å². The molecular formula is C33H46O4. The Labute approximate surface area is 223 Å². The van der Waals surface area contributed by atoms with Crippen LogP contribution in [0.25, 0.3) is 0 Å². The lowest BCUT2D eigenvalue weighted by Gasteiger charge is -2.28. The van der Waals surface area contributed by atoms with Gasteiger partial charge in [-0.2, -0.15) is 0 Å². The number of phenols is 1. The van der Waals surface area contributed by atoms with Crippen molar-refractivity contribution < 1.29 is 19.4 Å². The van der Waals surface area contributed by atoms with Gasteiger partial charge in [0, 0.05) is 5.41 Å². The maximum atomic E-state index is 11.9. The molecule has 0 atom stereocenters. The van der Waals surface area contributed by atoms with Crippen LogP contribution in [-0.2, 0) is 23.0 Å². The van der Waals surface area contributed by atoms with Crippen LogP contribution < -0.4 is 4.74 Å². The molecule has 2 fully saturated rings. The molecule has 2 aromatic rings. The minimum absolute atomic E-state index is 0.253. The van der Waals surface area contributed by atoms with Crippen LogP contribution in [0.15, 0.2) is 36.4 Å². The molecule has 2 aliphatic carbocycles. The molecule has 0 saturated heterocycles. The lowest BCUT2D eigenvalue weighted by molar-refractivity contribution is 0.121. The lowest BCUT2D eigenvalue weighted by Crippen LogP contribution is -2.20. The van der Waals surface area contributed by atoms with E-state index in [4.69, 9.17) is 9.47 Å². The highest BCUT2D eigenvalue weighted by atomic mass is 16.7. The quantitative estimate of drug-likeness (QED) is 0.272. The summed E-state index contributed by atoms with van der Waals surface area (Å²) in [5, 5.41) is 10.6. The highest BCUT2D eigenvalue weighted by molar-refractivity contribution is 5.64. The summed E-state index contributed by atoms with van der Waals surface area (Å²) in [6.45, 7) is 4.48. The number of benzene rings is 2. The van der Waals surface area contributed by atoms with E-state index >= 15 is 0 Å². The summed E-state index contributed by atoms with van der Waals surface area (Å²) in [6, 6.07) is 12.3. The van der Waals surface area contributed by atoms with Crippen LogP contribution in [-0.4, -0.2) is 18.4 Å². The predicted octanol–water partition coefficient (Wildman–Crippen LogP) is 8.89. The Balaban J connectivity index is 1.55. The van der Waals surface area contributed by atoms with Gasteiger partial charge in [0.05, 0.1) is 7.11 Å². The Bertz CT molecular complexity index is 1030. The van der Waals surface area contributed by atoms with Gasteiger partial charge in [-0.3, -0.25) is 0 Å². The summed E-state index contributed by atoms with van der Waals surface area (Å²) in [5.74, 6) is 2.55. The molecule has 1 N–H and O–H groups in total. The molecule has 0 amide bonds. The van der Waals surface area contributed by atoms with E-state index in [2.05, 4.69) is 38.1 Å². The number of ether oxygens (including phenoxy) is 2. The maximum absolute atomic E-state index is 11.9. The molecular weight excluding hydrogens is 460 g/mol. The Kier molecular flexibility index (Phi) is 9.56. The minimum Gasteiger partial charge on any atom is -0.508 e. The van der Waals surface area contributed by atoms with E-state index in [1.54, 1.807) is 0 Å². The first-order valence-corrected chi connectivity index (χ1v) is 14.6. The number of carbonyl (C=O) groups excluding carboxylic acids is 1. The molecule has 4 nitrogen and oxygen atoms in total. The third kappa shape index (κ3) is 7.30. The van der Waals surface area contributed by atoms with E-state index in [0.29, 0.717) is 11.5 Å². The highest BCUT2D eigenvalue weighted by Gasteiger charge is 2.26. The molecule has 0 bridgehead atoms. The number of rotatable bonds is 9. The predicted molar refractivity (Wildman–Crippen MR) is 150 cm³/mol. The van der Waals surface area contributed by atoms with Gasteiger partial charge in [-0.1, -0.05) is 102 Å². The second-order valence-corrected chi connectivity index (χ2v) is 11.9. The number of methoxy groups -OCH3 is 1. The number of hydrogen-bond acceptors (Lipinski definition) is 4. The van der Waals surface area contributed by atoms with Crippen LogP contribution in [0.5, 0.6) is 11.5 Å². The fraction of sp³-hybridized carbons (Fsp3) is 0.606. The van der Waals surface area contributed by atoms with Crippen molar-refractivity contribution in [1.29, 1.82) is 0 Å². The second-order valence-electron chi connectivity index (χ2n) is 11.9. The summed E-state index contributed by atoms with van der Waals surface area (Å²) >= 11 is 0. The smallest absolute Gasteiger partial charge is 0.508 e. The molecule has 0 heterocycles. The Hall–Kier alpha value is -2.49. The number of aryl methyl sites for hydroxylation is 2. The fourth-order valence-corrected chi connectivity index (χ4v) is 6.41. The molecule has 0 radical (unpaired) electrons. The van der Waals surface area contributed by atoms with Crippen molar-refractivity contribution in [1.82, 2.24) is 0 Å². The normalized spacial score (nSPS) is 17.5. The topological polar surface area (TPSA) is 55.8 Å². The Morgan fingerprint density at radius 2 is 1.32 bits per heavy atom. The standard InChI is InChI=1S/C33H46O4/c1-33(2,28-18-20-30(34)26(22-28)16-14-24-10-6-4-7-11-24)29-19-21-31(37-32(35)36-3)27(23-29)17-15-25-12-8-5-9-13-25/h18-25,34H,4-17H2,1-3H3. The van der Waals surface area contributed by atoms with Crippen molar-refractivity contribution in [3.05, 3.63) is 58.7 Å². The maximum Gasteiger partial charge on any atom is 0.513 e. The molecule has 4 rings (SSSR count). The molecule has 2 saturated carbocycles. The molecule has 4 heteroatoms. The lowest BCUT2D eigenvalue weighted by atomic mass is 9.76. The van der Waals surface area contributed by atoms with Gasteiger partial charge in [-0.05, 0) is 71.9 Å². The van der Waals surface area contributed by atoms with Crippen molar-refractivity contribution in [2.75, 3.05) is 7.11 Å². The van der Waals surface area contributed by atoms with Gasteiger partial charge < -0.3 is 14.6 Å². The van der Waals surface area contributed by atoms with Crippen LogP contribution in [0.3, 0.4) is 0 Å². The van der Waals surface area contributed by atoms with E-state index in [9.17, 15) is 9.90 Å². The van der Waals surface area contributed by atoms with Gasteiger partial charge in [0.15, 0.2) is 0 Å². The van der Waals surface area contributed by atoms with Crippen LogP contribution in [0.4, 0.5) is 4.79 Å². The molecule has 37 heavy (non-hydrogen) atoms. The van der Waals surface area contributed by atoms with Crippen LogP contribution in [0, 0.1) is 11.8 Å². The number of hydrogen-bond donors (Lipinski definition) is 1. The monoisotopic (exact) mass is 506 g/mol. The zero-order valence-electron chi connectivity index (χ0n) is 23.2. The van der Waals surface area contributed by atoms with Gasteiger partial charge in [-0.15, -0.1) is 0 Å². The molecule has 0 aliphatic heterocycles. The van der Waals surface area contributed by atoms with E-state index < -0.39 is 6.16 Å². The van der Waals surface area contributed by atoms with Gasteiger partial charge in [-0.25, -0.2) is 4.79 Å². The molecule has 202 valence electrons. The molecule has 0 spiro atoms. The third-order valence-electron chi connectivity index (χ3n) is 9.04. The van der Waals surface area contributed by atoms with Crippen LogP contribution in [0.2, 0.25) is 0 Å². The Morgan fingerprint density at radius 3 is 1.89 bits per heavy atom. The van der Waals surface area contributed by atoms with Crippen molar-refractivity contribution >= 4 is 6.16 Å². The van der Waals surface area contributed by atoms with Gasteiger partial charge >= 0.3 is 6.16 Å². The molecule has 0 aromatic heterocycles. The first kappa shape index (κ1) is 27.5. The largest absolute Gasteiger partial charge is 0.513 e. The van der Waals surface area contributed by atoms with E-state index in [1.807, 2.05) is 12.1 Å². The number of aromatic hydroxyl groups is 1. The van der Waals surface area contributed by atoms with E-state index in [0.717, 1.165) is 48.6 Å². The molecule has 0 unspecified atom stereocenters. The van der Waals surface area contributed by atoms with E-state index in [-0.39, 0.29) is 5.41 Å². The summed E-state index contributed by atoms with van der Waals surface area (Å²) in [4.78, 5) is 11.9. The van der Waals surface area contributed by atoms with Crippen LogP contribution in [0.1, 0.15) is 113 Å². The van der Waals surface area contributed by atoms with Crippen LogP contribution >= 0.6 is 0 Å². The van der Waals surface area contributed by atoms with Gasteiger partial charge in [0.25, 0.3) is 0 Å². The Morgan fingerprint density at radius 1 is 0.811 bits per heavy atom. The van der Waals surface area contributed by atoms with Crippen molar-refractivity contribution in [2.45, 2.75) is 109 Å².